The number of hydrogen-bond acceptors (Lipinski definition) is 9. The Hall–Kier alpha value is -5.05. The Kier molecular flexibility index (Phi) is 15.6. The number of morpholine rings is 1. The molecule has 2 aliphatic heterocycles. The highest BCUT2D eigenvalue weighted by Gasteiger charge is 2.46. The molecule has 0 bridgehead atoms. The standard InChI is InChI=1S/C50H64BrN7O6/c1-32-13-16-36(17-14-32)48(60)58(31-50(5,6)47-39-11-9-10-38(39)40-24-33(2)15-18-42(40)54-47)19-22-62-21-8-7-12-46(59)57-20-23-63-37(29-57)30-64-44-25-34(3)41(51)26-43(44)55-49(61)56-45-28-52-35(4)27-53-45/h13-18,24-28,37-39,47,54H,7-12,19-23,29-31H2,1-6H3,(H2,53,55,56,61)/t37-,38?,39?,47?/m0/s1. The van der Waals surface area contributed by atoms with Crippen LogP contribution in [-0.2, 0) is 14.3 Å². The van der Waals surface area contributed by atoms with Gasteiger partial charge in [-0.05, 0) is 107 Å². The van der Waals surface area contributed by atoms with E-state index in [1.165, 1.54) is 42.3 Å². The van der Waals surface area contributed by atoms with Crippen LogP contribution in [-0.4, -0.2) is 102 Å². The normalized spacial score (nSPS) is 19.3. The number of carbonyl (C=O) groups is 3. The van der Waals surface area contributed by atoms with Crippen molar-refractivity contribution in [3.63, 3.8) is 0 Å². The Balaban J connectivity index is 0.868. The number of amides is 4. The van der Waals surface area contributed by atoms with Crippen molar-refractivity contribution in [2.45, 2.75) is 98.1 Å². The number of carbonyl (C=O) groups excluding carboxylic acids is 3. The summed E-state index contributed by atoms with van der Waals surface area (Å²) in [6, 6.07) is 18.0. The first-order chi connectivity index (χ1) is 30.7. The van der Waals surface area contributed by atoms with Gasteiger partial charge >= 0.3 is 6.03 Å². The zero-order valence-electron chi connectivity index (χ0n) is 38.2. The van der Waals surface area contributed by atoms with E-state index < -0.39 is 6.03 Å². The van der Waals surface area contributed by atoms with Crippen LogP contribution in [0.1, 0.15) is 96.6 Å². The lowest BCUT2D eigenvalue weighted by Crippen LogP contribution is -2.52. The van der Waals surface area contributed by atoms with Gasteiger partial charge < -0.3 is 34.6 Å². The summed E-state index contributed by atoms with van der Waals surface area (Å²) in [5.41, 5.74) is 7.74. The molecule has 1 saturated carbocycles. The van der Waals surface area contributed by atoms with Gasteiger partial charge in [-0.25, -0.2) is 9.78 Å². The molecule has 0 spiro atoms. The van der Waals surface area contributed by atoms with Gasteiger partial charge in [0.25, 0.3) is 5.91 Å². The van der Waals surface area contributed by atoms with Gasteiger partial charge in [-0.1, -0.05) is 71.6 Å². The molecule has 1 aromatic heterocycles. The van der Waals surface area contributed by atoms with Crippen molar-refractivity contribution in [2.75, 3.05) is 68.6 Å². The predicted octanol–water partition coefficient (Wildman–Crippen LogP) is 9.46. The minimum atomic E-state index is -0.486. The number of rotatable bonds is 17. The van der Waals surface area contributed by atoms with Crippen LogP contribution in [0, 0.1) is 39.0 Å². The number of ether oxygens (including phenoxy) is 3. The molecule has 4 amide bonds. The maximum Gasteiger partial charge on any atom is 0.325 e. The van der Waals surface area contributed by atoms with Crippen molar-refractivity contribution in [2.24, 2.45) is 11.3 Å². The van der Waals surface area contributed by atoms with Crippen LogP contribution in [0.5, 0.6) is 5.75 Å². The molecule has 64 heavy (non-hydrogen) atoms. The number of nitrogens with one attached hydrogen (secondary N) is 3. The number of nitrogens with zero attached hydrogens (tertiary/aromatic N) is 4. The van der Waals surface area contributed by atoms with E-state index in [0.29, 0.717) is 93.5 Å². The summed E-state index contributed by atoms with van der Waals surface area (Å²) in [4.78, 5) is 52.4. The molecule has 3 N–H and O–H groups in total. The number of hydrogen-bond donors (Lipinski definition) is 3. The van der Waals surface area contributed by atoms with Gasteiger partial charge in [0.15, 0.2) is 5.82 Å². The minimum absolute atomic E-state index is 0.0207. The lowest BCUT2D eigenvalue weighted by Gasteiger charge is -2.47. The number of unbranched alkanes of at least 4 members (excludes halogenated alkanes) is 1. The molecular formula is C50H64BrN7O6. The fourth-order valence-corrected chi connectivity index (χ4v) is 9.75. The third-order valence-corrected chi connectivity index (χ3v) is 13.7. The lowest BCUT2D eigenvalue weighted by molar-refractivity contribution is -0.140. The number of aryl methyl sites for hydroxylation is 4. The fraction of sp³-hybridized carbons (Fsp3) is 0.500. The molecule has 13 nitrogen and oxygen atoms in total. The van der Waals surface area contributed by atoms with Crippen molar-refractivity contribution < 1.29 is 28.6 Å². The summed E-state index contributed by atoms with van der Waals surface area (Å²) in [5.74, 6) is 1.97. The molecular weight excluding hydrogens is 874 g/mol. The quantitative estimate of drug-likeness (QED) is 0.0882. The fourth-order valence-electron chi connectivity index (χ4n) is 9.41. The summed E-state index contributed by atoms with van der Waals surface area (Å²) in [6.07, 6.45) is 8.20. The van der Waals surface area contributed by atoms with Crippen LogP contribution in [0.2, 0.25) is 0 Å². The van der Waals surface area contributed by atoms with Gasteiger partial charge in [0.05, 0.1) is 43.5 Å². The Labute approximate surface area is 386 Å². The van der Waals surface area contributed by atoms with E-state index >= 15 is 0 Å². The van der Waals surface area contributed by atoms with Gasteiger partial charge in [0.2, 0.25) is 5.91 Å². The zero-order chi connectivity index (χ0) is 45.4. The highest BCUT2D eigenvalue weighted by Crippen LogP contribution is 2.52. The van der Waals surface area contributed by atoms with Crippen molar-refractivity contribution in [1.29, 1.82) is 0 Å². The van der Waals surface area contributed by atoms with E-state index in [1.54, 1.807) is 12.3 Å². The summed E-state index contributed by atoms with van der Waals surface area (Å²) >= 11 is 3.55. The molecule has 7 rings (SSSR count). The first-order valence-corrected chi connectivity index (χ1v) is 23.5. The molecule has 14 heteroatoms. The second kappa shape index (κ2) is 21.3. The molecule has 1 aliphatic carbocycles. The highest BCUT2D eigenvalue weighted by atomic mass is 79.9. The average molecular weight is 939 g/mol. The molecule has 4 aromatic rings. The first-order valence-electron chi connectivity index (χ1n) is 22.7. The smallest absolute Gasteiger partial charge is 0.325 e. The second-order valence-corrected chi connectivity index (χ2v) is 19.3. The van der Waals surface area contributed by atoms with Gasteiger partial charge in [0, 0.05) is 59.8 Å². The maximum atomic E-state index is 14.1. The Morgan fingerprint density at radius 1 is 0.953 bits per heavy atom. The average Bonchev–Trinajstić information content (AvgIpc) is 3.77. The maximum absolute atomic E-state index is 14.1. The summed E-state index contributed by atoms with van der Waals surface area (Å²) in [6.45, 7) is 16.1. The number of halogens is 1. The molecule has 2 fully saturated rings. The van der Waals surface area contributed by atoms with E-state index in [2.05, 4.69) is 80.8 Å². The second-order valence-electron chi connectivity index (χ2n) is 18.4. The Morgan fingerprint density at radius 2 is 1.75 bits per heavy atom. The lowest BCUT2D eigenvalue weighted by atomic mass is 9.69. The van der Waals surface area contributed by atoms with Crippen molar-refractivity contribution >= 4 is 51.0 Å². The van der Waals surface area contributed by atoms with Crippen LogP contribution in [0.15, 0.2) is 71.5 Å². The van der Waals surface area contributed by atoms with Crippen LogP contribution >= 0.6 is 15.9 Å². The van der Waals surface area contributed by atoms with Gasteiger partial charge in [-0.15, -0.1) is 0 Å². The highest BCUT2D eigenvalue weighted by molar-refractivity contribution is 9.10. The third-order valence-electron chi connectivity index (χ3n) is 12.8. The summed E-state index contributed by atoms with van der Waals surface area (Å²) in [7, 11) is 0. The number of aromatic nitrogens is 2. The van der Waals surface area contributed by atoms with E-state index in [-0.39, 0.29) is 36.0 Å². The Morgan fingerprint density at radius 3 is 2.53 bits per heavy atom. The first kappa shape index (κ1) is 46.9. The molecule has 1 saturated heterocycles. The van der Waals surface area contributed by atoms with Gasteiger partial charge in [-0.3, -0.25) is 19.9 Å². The zero-order valence-corrected chi connectivity index (χ0v) is 39.8. The Bertz CT molecular complexity index is 2250. The largest absolute Gasteiger partial charge is 0.489 e. The number of benzene rings is 3. The van der Waals surface area contributed by atoms with E-state index in [9.17, 15) is 14.4 Å². The van der Waals surface area contributed by atoms with Crippen LogP contribution in [0.3, 0.4) is 0 Å². The van der Waals surface area contributed by atoms with Gasteiger partial charge in [0.1, 0.15) is 18.5 Å². The van der Waals surface area contributed by atoms with Crippen molar-refractivity contribution in [3.8, 4) is 5.75 Å². The molecule has 4 atom stereocenters. The molecule has 3 aromatic carbocycles. The van der Waals surface area contributed by atoms with Crippen molar-refractivity contribution in [3.05, 3.63) is 105 Å². The third kappa shape index (κ3) is 12.0. The predicted molar refractivity (Wildman–Crippen MR) is 254 cm³/mol. The van der Waals surface area contributed by atoms with E-state index in [0.717, 1.165) is 27.7 Å². The van der Waals surface area contributed by atoms with E-state index in [4.69, 9.17) is 14.2 Å². The SMILES string of the molecule is Cc1ccc(C(=O)N(CCOCCCCC(=O)N2CCO[C@H](COc3cc(C)c(Br)cc3NC(=O)Nc3cnc(C)cn3)C2)CC(C)(C)C2Nc3ccc(C)cc3C3CCCC32)cc1. The van der Waals surface area contributed by atoms with Crippen LogP contribution in [0.25, 0.3) is 0 Å². The molecule has 3 unspecified atom stereocenters. The van der Waals surface area contributed by atoms with Gasteiger partial charge in [-0.2, -0.15) is 0 Å². The van der Waals surface area contributed by atoms with E-state index in [1.807, 2.05) is 60.9 Å². The molecule has 3 aliphatic rings. The topological polar surface area (TPSA) is 147 Å². The van der Waals surface area contributed by atoms with Crippen LogP contribution < -0.4 is 20.7 Å². The molecule has 0 radical (unpaired) electrons. The number of anilines is 3. The number of fused-ring (bicyclic) bond motifs is 3. The number of urea groups is 1. The molecule has 342 valence electrons. The monoisotopic (exact) mass is 937 g/mol. The minimum Gasteiger partial charge on any atom is -0.489 e. The molecule has 3 heterocycles. The summed E-state index contributed by atoms with van der Waals surface area (Å²) in [5, 5.41) is 9.48. The summed E-state index contributed by atoms with van der Waals surface area (Å²) < 4.78 is 19.1. The van der Waals surface area contributed by atoms with Crippen molar-refractivity contribution in [1.82, 2.24) is 19.8 Å². The van der Waals surface area contributed by atoms with Crippen LogP contribution in [0.4, 0.5) is 22.0 Å².